The van der Waals surface area contributed by atoms with Crippen molar-refractivity contribution in [1.82, 2.24) is 9.78 Å². The van der Waals surface area contributed by atoms with Gasteiger partial charge in [-0.05, 0) is 56.9 Å². The van der Waals surface area contributed by atoms with Gasteiger partial charge in [0.25, 0.3) is 0 Å². The summed E-state index contributed by atoms with van der Waals surface area (Å²) in [5.41, 5.74) is 7.06. The second kappa shape index (κ2) is 10.1. The Hall–Kier alpha value is -2.92. The van der Waals surface area contributed by atoms with Crippen LogP contribution < -0.4 is 0 Å². The van der Waals surface area contributed by atoms with E-state index in [4.69, 9.17) is 14.9 Å². The highest BCUT2D eigenvalue weighted by Crippen LogP contribution is 2.36. The second-order valence-electron chi connectivity index (χ2n) is 9.02. The molecule has 1 aliphatic rings. The summed E-state index contributed by atoms with van der Waals surface area (Å²) < 4.78 is 7.51. The van der Waals surface area contributed by atoms with Crippen LogP contribution in [-0.4, -0.2) is 34.1 Å². The van der Waals surface area contributed by atoms with Crippen LogP contribution in [0.2, 0.25) is 0 Å². The van der Waals surface area contributed by atoms with Crippen molar-refractivity contribution in [1.29, 1.82) is 0 Å². The third kappa shape index (κ3) is 5.28. The van der Waals surface area contributed by atoms with E-state index in [1.807, 2.05) is 6.07 Å². The minimum Gasteiger partial charge on any atom is -0.480 e. The first kappa shape index (κ1) is 22.3. The van der Waals surface area contributed by atoms with Crippen molar-refractivity contribution in [2.24, 2.45) is 11.8 Å². The lowest BCUT2D eigenvalue weighted by Crippen LogP contribution is -2.23. The number of carboxylic acid groups (broad SMARTS) is 1. The number of nitrogens with zero attached hydrogens (tertiary/aromatic N) is 2. The first-order chi connectivity index (χ1) is 15.5. The van der Waals surface area contributed by atoms with Crippen molar-refractivity contribution < 1.29 is 14.6 Å². The Kier molecular flexibility index (Phi) is 7.05. The molecule has 32 heavy (non-hydrogen) atoms. The first-order valence-electron chi connectivity index (χ1n) is 11.5. The van der Waals surface area contributed by atoms with Gasteiger partial charge in [-0.1, -0.05) is 60.2 Å². The van der Waals surface area contributed by atoms with Crippen LogP contribution in [0.4, 0.5) is 0 Å². The van der Waals surface area contributed by atoms with Crippen molar-refractivity contribution in [2.45, 2.75) is 46.1 Å². The molecule has 0 amide bonds. The van der Waals surface area contributed by atoms with Gasteiger partial charge in [0.1, 0.15) is 12.3 Å². The molecule has 1 aromatic heterocycles. The number of aromatic nitrogens is 2. The average Bonchev–Trinajstić information content (AvgIpc) is 3.11. The fourth-order valence-electron chi connectivity index (χ4n) is 4.73. The van der Waals surface area contributed by atoms with Crippen LogP contribution in [0, 0.1) is 25.7 Å². The smallest absolute Gasteiger partial charge is 0.329 e. The molecule has 1 heterocycles. The third-order valence-electron chi connectivity index (χ3n) is 6.57. The summed E-state index contributed by atoms with van der Waals surface area (Å²) in [5.74, 6) is 0.151. The van der Waals surface area contributed by atoms with Crippen molar-refractivity contribution >= 4 is 5.97 Å². The Morgan fingerprint density at radius 3 is 2.28 bits per heavy atom. The van der Waals surface area contributed by atoms with Crippen LogP contribution in [0.1, 0.15) is 36.9 Å². The molecule has 168 valence electrons. The Morgan fingerprint density at radius 2 is 1.62 bits per heavy atom. The Morgan fingerprint density at radius 1 is 0.969 bits per heavy atom. The number of carboxylic acids is 1. The van der Waals surface area contributed by atoms with Gasteiger partial charge < -0.3 is 9.84 Å². The molecule has 5 heteroatoms. The molecule has 0 aliphatic heterocycles. The highest BCUT2D eigenvalue weighted by molar-refractivity contribution is 5.82. The van der Waals surface area contributed by atoms with Gasteiger partial charge in [0.2, 0.25) is 0 Å². The van der Waals surface area contributed by atoms with Gasteiger partial charge in [-0.3, -0.25) is 4.68 Å². The Labute approximate surface area is 190 Å². The molecule has 4 rings (SSSR count). The van der Waals surface area contributed by atoms with Crippen molar-refractivity contribution in [2.75, 3.05) is 13.2 Å². The van der Waals surface area contributed by atoms with E-state index < -0.39 is 5.97 Å². The van der Waals surface area contributed by atoms with Crippen LogP contribution in [0.25, 0.3) is 22.4 Å². The zero-order chi connectivity index (χ0) is 22.5. The molecule has 1 N–H and O–H groups in total. The maximum atomic E-state index is 10.6. The SMILES string of the molecule is Cc1ccc(-c2nn(C[C@H]3CC[C@@H](COCC(=O)O)CC3)c(C)c2-c2ccccc2)cc1. The Balaban J connectivity index is 1.51. The predicted molar refractivity (Wildman–Crippen MR) is 126 cm³/mol. The van der Waals surface area contributed by atoms with Gasteiger partial charge in [-0.15, -0.1) is 0 Å². The van der Waals surface area contributed by atoms with Gasteiger partial charge in [0.05, 0.1) is 6.61 Å². The molecule has 1 saturated carbocycles. The lowest BCUT2D eigenvalue weighted by Gasteiger charge is -2.28. The van der Waals surface area contributed by atoms with Crippen LogP contribution in [0.15, 0.2) is 54.6 Å². The van der Waals surface area contributed by atoms with Crippen LogP contribution in [0.3, 0.4) is 0 Å². The number of hydrogen-bond acceptors (Lipinski definition) is 3. The number of benzene rings is 2. The fraction of sp³-hybridized carbons (Fsp3) is 0.407. The molecule has 0 atom stereocenters. The summed E-state index contributed by atoms with van der Waals surface area (Å²) >= 11 is 0. The number of rotatable bonds is 8. The van der Waals surface area contributed by atoms with E-state index in [-0.39, 0.29) is 6.61 Å². The standard InChI is InChI=1S/C27H32N2O3/c1-19-8-14-24(15-9-19)27-26(23-6-4-3-5-7-23)20(2)29(28-27)16-21-10-12-22(13-11-21)17-32-18-25(30)31/h3-9,14-15,21-22H,10-13,16-18H2,1-2H3,(H,30,31)/t21-,22+. The largest absolute Gasteiger partial charge is 0.480 e. The molecule has 2 aromatic carbocycles. The molecule has 3 aromatic rings. The molecule has 0 bridgehead atoms. The maximum absolute atomic E-state index is 10.6. The van der Waals surface area contributed by atoms with E-state index >= 15 is 0 Å². The molecule has 0 unspecified atom stereocenters. The number of ether oxygens (including phenoxy) is 1. The molecular formula is C27H32N2O3. The normalized spacial score (nSPS) is 18.6. The summed E-state index contributed by atoms with van der Waals surface area (Å²) in [7, 11) is 0. The molecule has 0 radical (unpaired) electrons. The maximum Gasteiger partial charge on any atom is 0.329 e. The summed E-state index contributed by atoms with van der Waals surface area (Å²) in [6.07, 6.45) is 4.42. The lowest BCUT2D eigenvalue weighted by molar-refractivity contribution is -0.142. The van der Waals surface area contributed by atoms with Gasteiger partial charge in [-0.2, -0.15) is 5.10 Å². The minimum atomic E-state index is -0.897. The van der Waals surface area contributed by atoms with E-state index in [0.717, 1.165) is 43.5 Å². The van der Waals surface area contributed by atoms with Gasteiger partial charge >= 0.3 is 5.97 Å². The van der Waals surface area contributed by atoms with E-state index in [1.165, 1.54) is 22.4 Å². The third-order valence-corrected chi connectivity index (χ3v) is 6.57. The van der Waals surface area contributed by atoms with Crippen molar-refractivity contribution in [3.8, 4) is 22.4 Å². The zero-order valence-electron chi connectivity index (χ0n) is 19.0. The van der Waals surface area contributed by atoms with Crippen molar-refractivity contribution in [3.05, 3.63) is 65.9 Å². The molecular weight excluding hydrogens is 400 g/mol. The average molecular weight is 433 g/mol. The molecule has 1 fully saturated rings. The summed E-state index contributed by atoms with van der Waals surface area (Å²) in [4.78, 5) is 10.6. The lowest BCUT2D eigenvalue weighted by atomic mass is 9.82. The number of carbonyl (C=O) groups is 1. The summed E-state index contributed by atoms with van der Waals surface area (Å²) in [6, 6.07) is 19.2. The zero-order valence-corrected chi connectivity index (χ0v) is 19.0. The second-order valence-corrected chi connectivity index (χ2v) is 9.02. The highest BCUT2D eigenvalue weighted by Gasteiger charge is 2.24. The molecule has 1 aliphatic carbocycles. The number of aliphatic carboxylic acids is 1. The summed E-state index contributed by atoms with van der Waals surface area (Å²) in [6.45, 7) is 5.55. The number of hydrogen-bond donors (Lipinski definition) is 1. The van der Waals surface area contributed by atoms with E-state index in [9.17, 15) is 4.79 Å². The summed E-state index contributed by atoms with van der Waals surface area (Å²) in [5, 5.41) is 13.8. The fourth-order valence-corrected chi connectivity index (χ4v) is 4.73. The monoisotopic (exact) mass is 432 g/mol. The van der Waals surface area contributed by atoms with Crippen molar-refractivity contribution in [3.63, 3.8) is 0 Å². The van der Waals surface area contributed by atoms with Gasteiger partial charge in [0, 0.05) is 23.4 Å². The first-order valence-corrected chi connectivity index (χ1v) is 11.5. The van der Waals surface area contributed by atoms with E-state index in [1.54, 1.807) is 0 Å². The van der Waals surface area contributed by atoms with E-state index in [0.29, 0.717) is 18.4 Å². The molecule has 0 spiro atoms. The molecule has 5 nitrogen and oxygen atoms in total. The van der Waals surface area contributed by atoms with E-state index in [2.05, 4.69) is 67.1 Å². The highest BCUT2D eigenvalue weighted by atomic mass is 16.5. The number of aryl methyl sites for hydroxylation is 1. The quantitative estimate of drug-likeness (QED) is 0.493. The molecule has 0 saturated heterocycles. The van der Waals surface area contributed by atoms with Crippen LogP contribution in [-0.2, 0) is 16.1 Å². The minimum absolute atomic E-state index is 0.198. The van der Waals surface area contributed by atoms with Crippen LogP contribution >= 0.6 is 0 Å². The van der Waals surface area contributed by atoms with Gasteiger partial charge in [-0.25, -0.2) is 4.79 Å². The predicted octanol–water partition coefficient (Wildman–Crippen LogP) is 5.74. The van der Waals surface area contributed by atoms with Crippen LogP contribution in [0.5, 0.6) is 0 Å². The Bertz CT molecular complexity index is 1030. The van der Waals surface area contributed by atoms with Gasteiger partial charge in [0.15, 0.2) is 0 Å². The topological polar surface area (TPSA) is 64.4 Å².